The number of hydrogen-bond donors (Lipinski definition) is 2. The van der Waals surface area contributed by atoms with Crippen molar-refractivity contribution in [2.24, 2.45) is 0 Å². The van der Waals surface area contributed by atoms with Crippen LogP contribution in [0.1, 0.15) is 66.7 Å². The van der Waals surface area contributed by atoms with E-state index in [9.17, 15) is 14.7 Å². The summed E-state index contributed by atoms with van der Waals surface area (Å²) in [5, 5.41) is 13.6. The summed E-state index contributed by atoms with van der Waals surface area (Å²) in [6.45, 7) is 8.70. The molecule has 0 radical (unpaired) electrons. The van der Waals surface area contributed by atoms with E-state index in [1.165, 1.54) is 11.3 Å². The van der Waals surface area contributed by atoms with Gasteiger partial charge in [0, 0.05) is 13.0 Å². The Morgan fingerprint density at radius 1 is 1.23 bits per heavy atom. The van der Waals surface area contributed by atoms with Crippen molar-refractivity contribution >= 4 is 33.1 Å². The molecule has 0 spiro atoms. The number of amides is 1. The fourth-order valence-corrected chi connectivity index (χ4v) is 4.99. The molecule has 0 atom stereocenters. The van der Waals surface area contributed by atoms with Gasteiger partial charge in [0.15, 0.2) is 0 Å². The van der Waals surface area contributed by atoms with E-state index in [1.807, 2.05) is 6.07 Å². The second kappa shape index (κ2) is 7.54. The molecule has 0 saturated carbocycles. The number of rotatable bonds is 2. The molecule has 1 aliphatic heterocycles. The van der Waals surface area contributed by atoms with E-state index in [1.54, 1.807) is 23.6 Å². The van der Waals surface area contributed by atoms with Gasteiger partial charge in [-0.15, -0.1) is 11.3 Å². The summed E-state index contributed by atoms with van der Waals surface area (Å²) >= 11 is 1.24. The van der Waals surface area contributed by atoms with Crippen LogP contribution in [0.3, 0.4) is 0 Å². The Morgan fingerprint density at radius 3 is 2.73 bits per heavy atom. The van der Waals surface area contributed by atoms with Crippen molar-refractivity contribution in [1.29, 1.82) is 0 Å². The summed E-state index contributed by atoms with van der Waals surface area (Å²) < 4.78 is 1.77. The van der Waals surface area contributed by atoms with Gasteiger partial charge in [-0.25, -0.2) is 4.98 Å². The lowest BCUT2D eigenvalue weighted by molar-refractivity contribution is 0.102. The van der Waals surface area contributed by atoms with Crippen molar-refractivity contribution in [3.05, 3.63) is 50.4 Å². The van der Waals surface area contributed by atoms with Crippen molar-refractivity contribution in [3.63, 3.8) is 0 Å². The molecule has 158 valence electrons. The van der Waals surface area contributed by atoms with E-state index in [0.29, 0.717) is 32.9 Å². The molecule has 6 nitrogen and oxygen atoms in total. The zero-order valence-electron chi connectivity index (χ0n) is 17.8. The number of aromatic nitrogens is 2. The summed E-state index contributed by atoms with van der Waals surface area (Å²) in [7, 11) is 0. The molecule has 1 aromatic carbocycles. The van der Waals surface area contributed by atoms with Crippen LogP contribution < -0.4 is 10.9 Å². The first-order valence-corrected chi connectivity index (χ1v) is 11.2. The van der Waals surface area contributed by atoms with Crippen molar-refractivity contribution in [1.82, 2.24) is 9.55 Å². The van der Waals surface area contributed by atoms with E-state index in [4.69, 9.17) is 4.98 Å². The Morgan fingerprint density at radius 2 is 2.00 bits per heavy atom. The van der Waals surface area contributed by atoms with Gasteiger partial charge >= 0.3 is 0 Å². The number of aromatic hydroxyl groups is 1. The Bertz CT molecular complexity index is 1200. The van der Waals surface area contributed by atoms with Crippen LogP contribution in [-0.2, 0) is 18.4 Å². The zero-order valence-corrected chi connectivity index (χ0v) is 18.7. The van der Waals surface area contributed by atoms with Gasteiger partial charge < -0.3 is 10.4 Å². The fraction of sp³-hybridized carbons (Fsp3) is 0.435. The molecule has 1 aliphatic rings. The quantitative estimate of drug-likeness (QED) is 0.581. The highest BCUT2D eigenvalue weighted by Crippen LogP contribution is 2.33. The standard InChI is InChI=1S/C23H27N3O3S/c1-13-18-21(25-17-8-6-5-7-11-26(17)22(18)29)30-19(13)20(28)24-15-12-14(23(2,3)4)9-10-16(15)27/h9-10,12,27H,5-8,11H2,1-4H3,(H,24,28). The van der Waals surface area contributed by atoms with Crippen molar-refractivity contribution in [3.8, 4) is 5.75 Å². The number of anilines is 1. The molecule has 0 aliphatic carbocycles. The van der Waals surface area contributed by atoms with E-state index in [0.717, 1.165) is 37.1 Å². The third kappa shape index (κ3) is 3.62. The van der Waals surface area contributed by atoms with Gasteiger partial charge in [-0.05, 0) is 48.4 Å². The molecular weight excluding hydrogens is 398 g/mol. The normalized spacial score (nSPS) is 14.4. The molecular formula is C23H27N3O3S. The molecule has 1 amide bonds. The molecule has 0 bridgehead atoms. The molecule has 0 saturated heterocycles. The predicted molar refractivity (Wildman–Crippen MR) is 121 cm³/mol. The molecule has 7 heteroatoms. The van der Waals surface area contributed by atoms with E-state index >= 15 is 0 Å². The van der Waals surface area contributed by atoms with Crippen LogP contribution in [0.5, 0.6) is 5.75 Å². The van der Waals surface area contributed by atoms with Crippen molar-refractivity contribution < 1.29 is 9.90 Å². The number of phenols is 1. The van der Waals surface area contributed by atoms with Gasteiger partial charge in [0.1, 0.15) is 16.4 Å². The second-order valence-corrected chi connectivity index (χ2v) is 9.97. The molecule has 0 fully saturated rings. The zero-order chi connectivity index (χ0) is 21.6. The van der Waals surface area contributed by atoms with Crippen molar-refractivity contribution in [2.75, 3.05) is 5.32 Å². The number of benzene rings is 1. The van der Waals surface area contributed by atoms with E-state index < -0.39 is 0 Å². The van der Waals surface area contributed by atoms with Crippen LogP contribution >= 0.6 is 11.3 Å². The van der Waals surface area contributed by atoms with E-state index in [-0.39, 0.29) is 22.6 Å². The summed E-state index contributed by atoms with van der Waals surface area (Å²) in [6.07, 6.45) is 3.89. The second-order valence-electron chi connectivity index (χ2n) is 8.97. The maximum absolute atomic E-state index is 13.1. The first-order valence-electron chi connectivity index (χ1n) is 10.3. The highest BCUT2D eigenvalue weighted by molar-refractivity contribution is 7.20. The van der Waals surface area contributed by atoms with Crippen LogP contribution in [0.4, 0.5) is 5.69 Å². The summed E-state index contributed by atoms with van der Waals surface area (Å²) in [5.41, 5.74) is 1.85. The predicted octanol–water partition coefficient (Wildman–Crippen LogP) is 4.75. The van der Waals surface area contributed by atoms with Crippen LogP contribution in [0, 0.1) is 6.92 Å². The highest BCUT2D eigenvalue weighted by atomic mass is 32.1. The van der Waals surface area contributed by atoms with Crippen LogP contribution in [0.25, 0.3) is 10.2 Å². The number of nitrogens with zero attached hydrogens (tertiary/aromatic N) is 2. The molecule has 3 heterocycles. The first-order chi connectivity index (χ1) is 14.2. The number of thiophene rings is 1. The minimum atomic E-state index is -0.337. The molecule has 0 unspecified atom stereocenters. The van der Waals surface area contributed by atoms with Crippen LogP contribution in [0.2, 0.25) is 0 Å². The Labute approximate surface area is 179 Å². The molecule has 30 heavy (non-hydrogen) atoms. The van der Waals surface area contributed by atoms with Gasteiger partial charge in [-0.3, -0.25) is 14.2 Å². The number of fused-ring (bicyclic) bond motifs is 2. The molecule has 2 aromatic heterocycles. The fourth-order valence-electron chi connectivity index (χ4n) is 3.91. The first kappa shape index (κ1) is 20.6. The Balaban J connectivity index is 1.74. The van der Waals surface area contributed by atoms with Gasteiger partial charge in [0.05, 0.1) is 16.0 Å². The maximum atomic E-state index is 13.1. The number of hydrogen-bond acceptors (Lipinski definition) is 5. The largest absolute Gasteiger partial charge is 0.506 e. The topological polar surface area (TPSA) is 84.2 Å². The number of carbonyl (C=O) groups is 1. The number of nitrogens with one attached hydrogen (secondary N) is 1. The number of carbonyl (C=O) groups excluding carboxylic acids is 1. The number of aryl methyl sites for hydroxylation is 2. The van der Waals surface area contributed by atoms with Gasteiger partial charge in [-0.1, -0.05) is 33.3 Å². The maximum Gasteiger partial charge on any atom is 0.266 e. The molecule has 2 N–H and O–H groups in total. The third-order valence-corrected chi connectivity index (χ3v) is 6.91. The SMILES string of the molecule is Cc1c(C(=O)Nc2cc(C(C)(C)C)ccc2O)sc2nc3n(c(=O)c12)CCCCC3. The smallest absolute Gasteiger partial charge is 0.266 e. The van der Waals surface area contributed by atoms with Gasteiger partial charge in [-0.2, -0.15) is 0 Å². The molecule has 4 rings (SSSR count). The lowest BCUT2D eigenvalue weighted by Crippen LogP contribution is -2.24. The Kier molecular flexibility index (Phi) is 5.18. The summed E-state index contributed by atoms with van der Waals surface area (Å²) in [4.78, 5) is 32.0. The Hall–Kier alpha value is -2.67. The monoisotopic (exact) mass is 425 g/mol. The average molecular weight is 426 g/mol. The van der Waals surface area contributed by atoms with Gasteiger partial charge in [0.25, 0.3) is 11.5 Å². The highest BCUT2D eigenvalue weighted by Gasteiger charge is 2.23. The third-order valence-electron chi connectivity index (χ3n) is 5.73. The van der Waals surface area contributed by atoms with Crippen LogP contribution in [0.15, 0.2) is 23.0 Å². The van der Waals surface area contributed by atoms with Crippen LogP contribution in [-0.4, -0.2) is 20.6 Å². The lowest BCUT2D eigenvalue weighted by Gasteiger charge is -2.20. The van der Waals surface area contributed by atoms with E-state index in [2.05, 4.69) is 26.1 Å². The number of phenolic OH excluding ortho intramolecular Hbond substituents is 1. The van der Waals surface area contributed by atoms with Crippen molar-refractivity contribution in [2.45, 2.75) is 65.3 Å². The summed E-state index contributed by atoms with van der Waals surface area (Å²) in [5.74, 6) is 0.491. The molecule has 3 aromatic rings. The minimum Gasteiger partial charge on any atom is -0.506 e. The summed E-state index contributed by atoms with van der Waals surface area (Å²) in [6, 6.07) is 5.25. The lowest BCUT2D eigenvalue weighted by atomic mass is 9.87. The average Bonchev–Trinajstić information content (AvgIpc) is 2.85. The minimum absolute atomic E-state index is 0.0139. The van der Waals surface area contributed by atoms with Gasteiger partial charge in [0.2, 0.25) is 0 Å².